The molecule has 0 bridgehead atoms. The van der Waals surface area contributed by atoms with Crippen molar-refractivity contribution in [2.24, 2.45) is 4.99 Å². The molecule has 1 fully saturated rings. The minimum atomic E-state index is 0. The minimum Gasteiger partial charge on any atom is -0.368 e. The zero-order chi connectivity index (χ0) is 20.6. The Morgan fingerprint density at radius 2 is 1.90 bits per heavy atom. The van der Waals surface area contributed by atoms with Gasteiger partial charge in [-0.2, -0.15) is 0 Å². The number of aromatic nitrogens is 1. The highest BCUT2D eigenvalue weighted by Gasteiger charge is 2.20. The number of anilines is 1. The Kier molecular flexibility index (Phi) is 9.97. The van der Waals surface area contributed by atoms with Crippen molar-refractivity contribution < 1.29 is 0 Å². The van der Waals surface area contributed by atoms with Crippen molar-refractivity contribution in [1.29, 1.82) is 0 Å². The summed E-state index contributed by atoms with van der Waals surface area (Å²) in [6, 6.07) is 11.3. The van der Waals surface area contributed by atoms with E-state index in [-0.39, 0.29) is 29.5 Å². The zero-order valence-corrected chi connectivity index (χ0v) is 20.8. The quantitative estimate of drug-likeness (QED) is 0.262. The molecule has 2 heterocycles. The van der Waals surface area contributed by atoms with Crippen LogP contribution in [0.15, 0.2) is 52.4 Å². The number of unbranched alkanes of at least 4 members (excludes halogenated alkanes) is 1. The number of piperazine rings is 1. The van der Waals surface area contributed by atoms with Gasteiger partial charge in [-0.3, -0.25) is 9.79 Å². The highest BCUT2D eigenvalue weighted by Crippen LogP contribution is 2.25. The summed E-state index contributed by atoms with van der Waals surface area (Å²) in [4.78, 5) is 20.9. The first-order valence-electron chi connectivity index (χ1n) is 10.2. The zero-order valence-electron chi connectivity index (χ0n) is 17.7. The molecule has 1 aromatic heterocycles. The highest BCUT2D eigenvalue weighted by molar-refractivity contribution is 14.0. The maximum atomic E-state index is 11.7. The predicted octanol–water partition coefficient (Wildman–Crippen LogP) is 3.61. The Bertz CT molecular complexity index is 893. The molecular formula is C22H31ClIN5O. The molecule has 30 heavy (non-hydrogen) atoms. The molecule has 0 spiro atoms. The monoisotopic (exact) mass is 543 g/mol. The fraction of sp³-hybridized carbons (Fsp3) is 0.455. The maximum absolute atomic E-state index is 11.7. The first-order valence-corrected chi connectivity index (χ1v) is 10.6. The van der Waals surface area contributed by atoms with Gasteiger partial charge in [0.1, 0.15) is 0 Å². The number of halogens is 2. The average molecular weight is 544 g/mol. The van der Waals surface area contributed by atoms with E-state index in [1.54, 1.807) is 16.7 Å². The number of aliphatic imine (C=N–C) groups is 1. The smallest absolute Gasteiger partial charge is 0.250 e. The molecule has 0 atom stereocenters. The van der Waals surface area contributed by atoms with E-state index in [9.17, 15) is 4.79 Å². The summed E-state index contributed by atoms with van der Waals surface area (Å²) in [5.74, 6) is 0.948. The van der Waals surface area contributed by atoms with Crippen LogP contribution in [0.3, 0.4) is 0 Å². The van der Waals surface area contributed by atoms with Crippen LogP contribution in [-0.2, 0) is 6.54 Å². The van der Waals surface area contributed by atoms with Crippen molar-refractivity contribution in [3.63, 3.8) is 0 Å². The molecule has 0 saturated carbocycles. The van der Waals surface area contributed by atoms with E-state index in [0.717, 1.165) is 63.1 Å². The standard InChI is InChI=1S/C22H30ClN5O.HI/c1-18-8-9-19(23)17-20(18)26-13-15-28(16-14-26)22(24-2)25-10-4-6-12-27-11-5-3-7-21(27)29;/h3,5,7-9,11,17H,4,6,10,12-16H2,1-2H3,(H,24,25);1H. The SMILES string of the molecule is CN=C(NCCCCn1ccccc1=O)N1CCN(c2cc(Cl)ccc2C)CC1.I. The lowest BCUT2D eigenvalue weighted by atomic mass is 10.1. The van der Waals surface area contributed by atoms with E-state index in [1.807, 2.05) is 25.4 Å². The van der Waals surface area contributed by atoms with Gasteiger partial charge in [0.15, 0.2) is 5.96 Å². The molecule has 6 nitrogen and oxygen atoms in total. The third-order valence-electron chi connectivity index (χ3n) is 5.31. The van der Waals surface area contributed by atoms with Gasteiger partial charge >= 0.3 is 0 Å². The van der Waals surface area contributed by atoms with Gasteiger partial charge in [0.05, 0.1) is 0 Å². The van der Waals surface area contributed by atoms with Crippen LogP contribution < -0.4 is 15.8 Å². The van der Waals surface area contributed by atoms with E-state index in [4.69, 9.17) is 11.6 Å². The van der Waals surface area contributed by atoms with Gasteiger partial charge in [-0.1, -0.05) is 23.7 Å². The summed E-state index contributed by atoms with van der Waals surface area (Å²) in [7, 11) is 1.83. The maximum Gasteiger partial charge on any atom is 0.250 e. The molecule has 0 unspecified atom stereocenters. The van der Waals surface area contributed by atoms with Crippen molar-refractivity contribution in [2.75, 3.05) is 44.7 Å². The fourth-order valence-corrected chi connectivity index (χ4v) is 3.83. The van der Waals surface area contributed by atoms with Crippen LogP contribution in [0.25, 0.3) is 0 Å². The van der Waals surface area contributed by atoms with Crippen molar-refractivity contribution in [3.05, 3.63) is 63.5 Å². The van der Waals surface area contributed by atoms with Crippen molar-refractivity contribution in [2.45, 2.75) is 26.3 Å². The molecule has 1 aliphatic heterocycles. The number of benzene rings is 1. The van der Waals surface area contributed by atoms with E-state index >= 15 is 0 Å². The van der Waals surface area contributed by atoms with Gasteiger partial charge < -0.3 is 19.7 Å². The van der Waals surface area contributed by atoms with Crippen molar-refractivity contribution in [1.82, 2.24) is 14.8 Å². The summed E-state index contributed by atoms with van der Waals surface area (Å²) < 4.78 is 1.76. The minimum absolute atomic E-state index is 0. The van der Waals surface area contributed by atoms with Crippen molar-refractivity contribution >= 4 is 47.2 Å². The first kappa shape index (κ1) is 24.5. The van der Waals surface area contributed by atoms with E-state index in [2.05, 4.69) is 39.2 Å². The number of pyridine rings is 1. The van der Waals surface area contributed by atoms with Gasteiger partial charge in [0, 0.05) is 69.3 Å². The molecule has 164 valence electrons. The number of hydrogen-bond acceptors (Lipinski definition) is 3. The molecule has 8 heteroatoms. The third kappa shape index (κ3) is 6.63. The number of nitrogens with one attached hydrogen (secondary N) is 1. The molecule has 1 aromatic carbocycles. The van der Waals surface area contributed by atoms with Crippen LogP contribution in [0.1, 0.15) is 18.4 Å². The van der Waals surface area contributed by atoms with Crippen LogP contribution in [0.2, 0.25) is 5.02 Å². The first-order chi connectivity index (χ1) is 14.1. The fourth-order valence-electron chi connectivity index (χ4n) is 3.67. The number of aryl methyl sites for hydroxylation is 2. The highest BCUT2D eigenvalue weighted by atomic mass is 127. The molecule has 2 aromatic rings. The largest absolute Gasteiger partial charge is 0.368 e. The Hall–Kier alpha value is -1.74. The third-order valence-corrected chi connectivity index (χ3v) is 5.55. The van der Waals surface area contributed by atoms with E-state index < -0.39 is 0 Å². The Labute approximate surface area is 201 Å². The Balaban J connectivity index is 0.00000320. The lowest BCUT2D eigenvalue weighted by Crippen LogP contribution is -2.52. The number of guanidine groups is 1. The van der Waals surface area contributed by atoms with Crippen LogP contribution >= 0.6 is 35.6 Å². The second-order valence-corrected chi connectivity index (χ2v) is 7.75. The number of rotatable bonds is 6. The molecule has 0 amide bonds. The molecule has 1 N–H and O–H groups in total. The lowest BCUT2D eigenvalue weighted by Gasteiger charge is -2.38. The molecule has 0 aliphatic carbocycles. The summed E-state index contributed by atoms with van der Waals surface area (Å²) in [5.41, 5.74) is 2.53. The number of nitrogens with zero attached hydrogens (tertiary/aromatic N) is 4. The second kappa shape index (κ2) is 12.2. The topological polar surface area (TPSA) is 52.9 Å². The lowest BCUT2D eigenvalue weighted by molar-refractivity contribution is 0.372. The van der Waals surface area contributed by atoms with Crippen LogP contribution in [0, 0.1) is 6.92 Å². The van der Waals surface area contributed by atoms with Gasteiger partial charge in [-0.05, 0) is 43.5 Å². The molecular weight excluding hydrogens is 513 g/mol. The van der Waals surface area contributed by atoms with Crippen LogP contribution in [-0.4, -0.2) is 55.2 Å². The molecule has 1 saturated heterocycles. The van der Waals surface area contributed by atoms with Crippen LogP contribution in [0.4, 0.5) is 5.69 Å². The van der Waals surface area contributed by atoms with Crippen molar-refractivity contribution in [3.8, 4) is 0 Å². The van der Waals surface area contributed by atoms with Crippen LogP contribution in [0.5, 0.6) is 0 Å². The molecule has 1 aliphatic rings. The summed E-state index contributed by atoms with van der Waals surface area (Å²) in [6.45, 7) is 7.45. The molecule has 3 rings (SSSR count). The summed E-state index contributed by atoms with van der Waals surface area (Å²) in [5, 5.41) is 4.24. The summed E-state index contributed by atoms with van der Waals surface area (Å²) >= 11 is 6.18. The van der Waals surface area contributed by atoms with Gasteiger partial charge in [-0.15, -0.1) is 24.0 Å². The van der Waals surface area contributed by atoms with E-state index in [1.165, 1.54) is 11.3 Å². The second-order valence-electron chi connectivity index (χ2n) is 7.32. The van der Waals surface area contributed by atoms with E-state index in [0.29, 0.717) is 0 Å². The average Bonchev–Trinajstić information content (AvgIpc) is 2.74. The predicted molar refractivity (Wildman–Crippen MR) is 137 cm³/mol. The van der Waals surface area contributed by atoms with Gasteiger partial charge in [0.2, 0.25) is 5.56 Å². The summed E-state index contributed by atoms with van der Waals surface area (Å²) in [6.07, 6.45) is 3.79. The number of hydrogen-bond donors (Lipinski definition) is 1. The van der Waals surface area contributed by atoms with Gasteiger partial charge in [-0.25, -0.2) is 0 Å². The molecule has 0 radical (unpaired) electrons. The normalized spacial score (nSPS) is 14.4. The Morgan fingerprint density at radius 1 is 1.13 bits per heavy atom. The Morgan fingerprint density at radius 3 is 2.60 bits per heavy atom. The van der Waals surface area contributed by atoms with Gasteiger partial charge in [0.25, 0.3) is 0 Å².